The molecule has 5 heteroatoms. The van der Waals surface area contributed by atoms with Crippen LogP contribution in [0.2, 0.25) is 0 Å². The van der Waals surface area contributed by atoms with Crippen LogP contribution >= 0.6 is 0 Å². The van der Waals surface area contributed by atoms with E-state index in [1.54, 1.807) is 24.3 Å². The Morgan fingerprint density at radius 3 is 2.62 bits per heavy atom. The SMILES string of the molecule is CCCCCCCOC(=O)c1cccc(OCC(O)c2cc3cc(C(C)C)ccc3o2)c1. The van der Waals surface area contributed by atoms with Gasteiger partial charge < -0.3 is 19.0 Å². The number of fused-ring (bicyclic) bond motifs is 1. The number of aliphatic hydroxyl groups excluding tert-OH is 1. The van der Waals surface area contributed by atoms with Crippen molar-refractivity contribution in [2.75, 3.05) is 13.2 Å². The molecule has 0 saturated heterocycles. The molecule has 172 valence electrons. The number of aliphatic hydroxyl groups is 1. The van der Waals surface area contributed by atoms with E-state index in [1.807, 2.05) is 18.2 Å². The number of unbranched alkanes of at least 4 members (excludes halogenated alkanes) is 4. The zero-order chi connectivity index (χ0) is 22.9. The van der Waals surface area contributed by atoms with Gasteiger partial charge in [0.2, 0.25) is 0 Å². The van der Waals surface area contributed by atoms with Crippen LogP contribution in [0.1, 0.15) is 86.6 Å². The minimum absolute atomic E-state index is 0.0206. The summed E-state index contributed by atoms with van der Waals surface area (Å²) in [5.74, 6) is 1.02. The second-order valence-electron chi connectivity index (χ2n) is 8.51. The van der Waals surface area contributed by atoms with Gasteiger partial charge in [-0.05, 0) is 54.3 Å². The minimum atomic E-state index is -0.913. The summed E-state index contributed by atoms with van der Waals surface area (Å²) in [6.45, 7) is 6.90. The van der Waals surface area contributed by atoms with Crippen molar-refractivity contribution in [3.8, 4) is 5.75 Å². The Bertz CT molecular complexity index is 1000. The fourth-order valence-electron chi connectivity index (χ4n) is 3.53. The molecule has 0 spiro atoms. The maximum absolute atomic E-state index is 12.3. The van der Waals surface area contributed by atoms with Crippen LogP contribution in [0.4, 0.5) is 0 Å². The second-order valence-corrected chi connectivity index (χ2v) is 8.51. The lowest BCUT2D eigenvalue weighted by atomic mass is 10.0. The molecule has 0 saturated carbocycles. The maximum Gasteiger partial charge on any atom is 0.338 e. The van der Waals surface area contributed by atoms with Crippen molar-refractivity contribution in [3.63, 3.8) is 0 Å². The molecule has 1 atom stereocenters. The lowest BCUT2D eigenvalue weighted by molar-refractivity contribution is 0.0496. The zero-order valence-corrected chi connectivity index (χ0v) is 19.3. The molecular formula is C27H34O5. The Balaban J connectivity index is 1.53. The molecule has 1 aromatic heterocycles. The largest absolute Gasteiger partial charge is 0.490 e. The summed E-state index contributed by atoms with van der Waals surface area (Å²) in [4.78, 5) is 12.3. The van der Waals surface area contributed by atoms with Gasteiger partial charge in [-0.3, -0.25) is 0 Å². The number of ether oxygens (including phenoxy) is 2. The van der Waals surface area contributed by atoms with Gasteiger partial charge in [0.25, 0.3) is 0 Å². The number of benzene rings is 2. The third-order valence-corrected chi connectivity index (χ3v) is 5.51. The van der Waals surface area contributed by atoms with Crippen molar-refractivity contribution >= 4 is 16.9 Å². The standard InChI is InChI=1S/C27H34O5/c1-4-5-6-7-8-14-30-27(29)21-10-9-11-23(16-21)31-18-24(28)26-17-22-15-20(19(2)3)12-13-25(22)32-26/h9-13,15-17,19,24,28H,4-8,14,18H2,1-3H3. The van der Waals surface area contributed by atoms with Gasteiger partial charge >= 0.3 is 5.97 Å². The first kappa shape index (κ1) is 23.9. The number of hydrogen-bond donors (Lipinski definition) is 1. The van der Waals surface area contributed by atoms with Crippen LogP contribution in [-0.2, 0) is 4.74 Å². The van der Waals surface area contributed by atoms with Crippen molar-refractivity contribution in [2.45, 2.75) is 64.9 Å². The van der Waals surface area contributed by atoms with Crippen molar-refractivity contribution < 1.29 is 23.8 Å². The van der Waals surface area contributed by atoms with E-state index < -0.39 is 6.10 Å². The predicted molar refractivity (Wildman–Crippen MR) is 126 cm³/mol. The van der Waals surface area contributed by atoms with E-state index in [4.69, 9.17) is 13.9 Å². The number of carbonyl (C=O) groups is 1. The first-order chi connectivity index (χ1) is 15.5. The van der Waals surface area contributed by atoms with Gasteiger partial charge in [-0.25, -0.2) is 4.79 Å². The molecule has 0 fully saturated rings. The molecule has 0 aliphatic rings. The fourth-order valence-corrected chi connectivity index (χ4v) is 3.53. The van der Waals surface area contributed by atoms with Crippen LogP contribution in [-0.4, -0.2) is 24.3 Å². The number of rotatable bonds is 12. The van der Waals surface area contributed by atoms with Gasteiger partial charge in [-0.1, -0.05) is 58.6 Å². The summed E-state index contributed by atoms with van der Waals surface area (Å²) in [5.41, 5.74) is 2.40. The van der Waals surface area contributed by atoms with E-state index >= 15 is 0 Å². The highest BCUT2D eigenvalue weighted by Gasteiger charge is 2.16. The molecule has 2 aromatic carbocycles. The molecular weight excluding hydrogens is 404 g/mol. The lowest BCUT2D eigenvalue weighted by Gasteiger charge is -2.11. The number of carbonyl (C=O) groups excluding carboxylic acids is 1. The Kier molecular flexibility index (Phi) is 8.74. The predicted octanol–water partition coefficient (Wildman–Crippen LogP) is 6.80. The van der Waals surface area contributed by atoms with Crippen LogP contribution in [0.3, 0.4) is 0 Å². The van der Waals surface area contributed by atoms with Crippen LogP contribution in [0.5, 0.6) is 5.75 Å². The van der Waals surface area contributed by atoms with E-state index in [0.29, 0.717) is 29.6 Å². The Hall–Kier alpha value is -2.79. The Labute approximate surface area is 190 Å². The highest BCUT2D eigenvalue weighted by Crippen LogP contribution is 2.28. The first-order valence-corrected chi connectivity index (χ1v) is 11.6. The molecule has 1 unspecified atom stereocenters. The Morgan fingerprint density at radius 1 is 1.03 bits per heavy atom. The summed E-state index contributed by atoms with van der Waals surface area (Å²) in [5, 5.41) is 11.5. The molecule has 0 aliphatic carbocycles. The zero-order valence-electron chi connectivity index (χ0n) is 19.3. The van der Waals surface area contributed by atoms with E-state index in [0.717, 1.165) is 23.8 Å². The summed E-state index contributed by atoms with van der Waals surface area (Å²) < 4.78 is 16.9. The summed E-state index contributed by atoms with van der Waals surface area (Å²) in [7, 11) is 0. The third kappa shape index (κ3) is 6.60. The monoisotopic (exact) mass is 438 g/mol. The minimum Gasteiger partial charge on any atom is -0.490 e. The summed E-state index contributed by atoms with van der Waals surface area (Å²) in [6.07, 6.45) is 4.61. The highest BCUT2D eigenvalue weighted by atomic mass is 16.5. The third-order valence-electron chi connectivity index (χ3n) is 5.51. The first-order valence-electron chi connectivity index (χ1n) is 11.6. The van der Waals surface area contributed by atoms with Crippen molar-refractivity contribution in [3.05, 3.63) is 65.4 Å². The number of furan rings is 1. The Morgan fingerprint density at radius 2 is 1.84 bits per heavy atom. The molecule has 1 N–H and O–H groups in total. The quantitative estimate of drug-likeness (QED) is 0.249. The van der Waals surface area contributed by atoms with Gasteiger partial charge in [0.05, 0.1) is 12.2 Å². The normalized spacial score (nSPS) is 12.3. The van der Waals surface area contributed by atoms with Crippen LogP contribution in [0, 0.1) is 0 Å². The van der Waals surface area contributed by atoms with Gasteiger partial charge in [0, 0.05) is 5.39 Å². The van der Waals surface area contributed by atoms with Crippen molar-refractivity contribution in [1.29, 1.82) is 0 Å². The van der Waals surface area contributed by atoms with E-state index in [-0.39, 0.29) is 12.6 Å². The molecule has 3 rings (SSSR count). The smallest absolute Gasteiger partial charge is 0.338 e. The van der Waals surface area contributed by atoms with Gasteiger partial charge in [0.15, 0.2) is 0 Å². The fraction of sp³-hybridized carbons (Fsp3) is 0.444. The van der Waals surface area contributed by atoms with Crippen LogP contribution in [0.25, 0.3) is 11.0 Å². The van der Waals surface area contributed by atoms with E-state index in [1.165, 1.54) is 24.8 Å². The van der Waals surface area contributed by atoms with Crippen LogP contribution < -0.4 is 4.74 Å². The van der Waals surface area contributed by atoms with Crippen LogP contribution in [0.15, 0.2) is 52.9 Å². The molecule has 0 aliphatic heterocycles. The average molecular weight is 439 g/mol. The number of hydrogen-bond acceptors (Lipinski definition) is 5. The molecule has 32 heavy (non-hydrogen) atoms. The molecule has 1 heterocycles. The van der Waals surface area contributed by atoms with E-state index in [9.17, 15) is 9.90 Å². The molecule has 0 bridgehead atoms. The summed E-state index contributed by atoms with van der Waals surface area (Å²) >= 11 is 0. The second kappa shape index (κ2) is 11.7. The molecule has 0 radical (unpaired) electrons. The topological polar surface area (TPSA) is 68.9 Å². The van der Waals surface area contributed by atoms with Gasteiger partial charge in [-0.15, -0.1) is 0 Å². The van der Waals surface area contributed by atoms with Crippen molar-refractivity contribution in [1.82, 2.24) is 0 Å². The van der Waals surface area contributed by atoms with Crippen molar-refractivity contribution in [2.24, 2.45) is 0 Å². The molecule has 0 amide bonds. The summed E-state index contributed by atoms with van der Waals surface area (Å²) in [6, 6.07) is 14.7. The number of esters is 1. The molecule has 3 aromatic rings. The lowest BCUT2D eigenvalue weighted by Crippen LogP contribution is -2.10. The van der Waals surface area contributed by atoms with E-state index in [2.05, 4.69) is 26.8 Å². The molecule has 5 nitrogen and oxygen atoms in total. The maximum atomic E-state index is 12.3. The highest BCUT2D eigenvalue weighted by molar-refractivity contribution is 5.89. The van der Waals surface area contributed by atoms with Gasteiger partial charge in [-0.2, -0.15) is 0 Å². The average Bonchev–Trinajstić information content (AvgIpc) is 3.23. The van der Waals surface area contributed by atoms with Gasteiger partial charge in [0.1, 0.15) is 29.8 Å².